The van der Waals surface area contributed by atoms with Crippen LogP contribution in [-0.4, -0.2) is 14.7 Å². The van der Waals surface area contributed by atoms with Crippen LogP contribution in [0.15, 0.2) is 16.7 Å². The van der Waals surface area contributed by atoms with Gasteiger partial charge in [-0.2, -0.15) is 0 Å². The summed E-state index contributed by atoms with van der Waals surface area (Å²) in [4.78, 5) is 14.8. The fourth-order valence-corrected chi connectivity index (χ4v) is 1.87. The second kappa shape index (κ2) is 5.44. The largest absolute Gasteiger partial charge is 0.291 e. The molecule has 0 bridgehead atoms. The number of alkyl halides is 1. The molecule has 1 aromatic rings. The van der Waals surface area contributed by atoms with E-state index in [-0.39, 0.29) is 15.9 Å². The van der Waals surface area contributed by atoms with Gasteiger partial charge in [0, 0.05) is 28.0 Å². The van der Waals surface area contributed by atoms with Gasteiger partial charge in [-0.15, -0.1) is 0 Å². The molecule has 0 aliphatic rings. The summed E-state index contributed by atoms with van der Waals surface area (Å²) in [5.74, 6) is 0. The highest BCUT2D eigenvalue weighted by Crippen LogP contribution is 2.31. The number of hydrogen-bond donors (Lipinski definition) is 0. The van der Waals surface area contributed by atoms with Crippen molar-refractivity contribution in [3.8, 4) is 0 Å². The van der Waals surface area contributed by atoms with Crippen LogP contribution in [0.25, 0.3) is 0 Å². The van der Waals surface area contributed by atoms with Gasteiger partial charge in [0.1, 0.15) is 5.69 Å². The Morgan fingerprint density at radius 1 is 1.53 bits per heavy atom. The van der Waals surface area contributed by atoms with Gasteiger partial charge in [0.05, 0.1) is 4.92 Å². The van der Waals surface area contributed by atoms with Gasteiger partial charge in [-0.25, -0.2) is 0 Å². The first kappa shape index (κ1) is 14.6. The number of pyridine rings is 1. The molecule has 0 N–H and O–H groups in total. The Hall–Kier alpha value is -0.490. The summed E-state index contributed by atoms with van der Waals surface area (Å²) in [5, 5.41) is 10.9. The second-order valence-electron chi connectivity index (χ2n) is 4.91. The number of aromatic nitrogens is 1. The molecule has 0 aliphatic carbocycles. The van der Waals surface area contributed by atoms with E-state index in [1.807, 2.05) is 0 Å². The lowest BCUT2D eigenvalue weighted by Gasteiger charge is -2.25. The third-order valence-corrected chi connectivity index (χ3v) is 4.55. The van der Waals surface area contributed by atoms with Gasteiger partial charge in [-0.3, -0.25) is 15.1 Å². The first-order chi connectivity index (χ1) is 7.71. The maximum atomic E-state index is 10.9. The molecule has 0 radical (unpaired) electrons. The van der Waals surface area contributed by atoms with Gasteiger partial charge >= 0.3 is 0 Å². The van der Waals surface area contributed by atoms with Crippen LogP contribution in [0, 0.1) is 15.5 Å². The van der Waals surface area contributed by atoms with E-state index in [2.05, 4.69) is 57.6 Å². The van der Waals surface area contributed by atoms with Crippen molar-refractivity contribution in [2.45, 2.75) is 32.0 Å². The molecule has 0 fully saturated rings. The van der Waals surface area contributed by atoms with E-state index in [4.69, 9.17) is 0 Å². The number of halogens is 2. The molecule has 0 saturated carbocycles. The first-order valence-corrected chi connectivity index (χ1v) is 6.85. The average Bonchev–Trinajstić information content (AvgIpc) is 2.18. The Morgan fingerprint density at radius 3 is 2.59 bits per heavy atom. The number of nitro groups is 1. The Bertz CT molecular complexity index is 430. The molecule has 0 amide bonds. The molecule has 17 heavy (non-hydrogen) atoms. The molecule has 1 aromatic heterocycles. The van der Waals surface area contributed by atoms with E-state index in [9.17, 15) is 10.1 Å². The zero-order chi connectivity index (χ0) is 13.2. The number of nitrogens with zero attached hydrogens (tertiary/aromatic N) is 2. The topological polar surface area (TPSA) is 56.0 Å². The van der Waals surface area contributed by atoms with Crippen LogP contribution in [0.5, 0.6) is 0 Å². The van der Waals surface area contributed by atoms with Crippen molar-refractivity contribution in [2.75, 3.05) is 0 Å². The summed E-state index contributed by atoms with van der Waals surface area (Å²) in [7, 11) is 0. The molecular formula is C11H14Br2N2O2. The van der Waals surface area contributed by atoms with Crippen LogP contribution < -0.4 is 0 Å². The zero-order valence-corrected chi connectivity index (χ0v) is 13.1. The molecule has 4 nitrogen and oxygen atoms in total. The van der Waals surface area contributed by atoms with Gasteiger partial charge in [0.25, 0.3) is 5.69 Å². The van der Waals surface area contributed by atoms with Gasteiger partial charge in [0.2, 0.25) is 0 Å². The molecule has 0 aliphatic heterocycles. The third kappa shape index (κ3) is 4.03. The minimum atomic E-state index is -0.393. The molecular weight excluding hydrogens is 352 g/mol. The quantitative estimate of drug-likeness (QED) is 0.460. The van der Waals surface area contributed by atoms with Crippen molar-refractivity contribution in [3.05, 3.63) is 32.5 Å². The predicted molar refractivity (Wildman–Crippen MR) is 74.5 cm³/mol. The summed E-state index contributed by atoms with van der Waals surface area (Å²) < 4.78 is 0.620. The third-order valence-electron chi connectivity index (χ3n) is 2.42. The number of rotatable bonds is 3. The van der Waals surface area contributed by atoms with E-state index < -0.39 is 4.92 Å². The minimum Gasteiger partial charge on any atom is -0.258 e. The molecule has 1 rings (SSSR count). The highest BCUT2D eigenvalue weighted by atomic mass is 79.9. The first-order valence-electron chi connectivity index (χ1n) is 5.14. The lowest BCUT2D eigenvalue weighted by atomic mass is 9.89. The molecule has 0 spiro atoms. The summed E-state index contributed by atoms with van der Waals surface area (Å²) >= 11 is 6.75. The van der Waals surface area contributed by atoms with Crippen LogP contribution in [0.3, 0.4) is 0 Å². The van der Waals surface area contributed by atoms with E-state index in [1.165, 1.54) is 6.07 Å². The van der Waals surface area contributed by atoms with E-state index >= 15 is 0 Å². The Morgan fingerprint density at radius 2 is 2.12 bits per heavy atom. The minimum absolute atomic E-state index is 0.0304. The van der Waals surface area contributed by atoms with E-state index in [0.717, 1.165) is 0 Å². The smallest absolute Gasteiger partial charge is 0.258 e. The Kier molecular flexibility index (Phi) is 4.66. The molecule has 0 saturated heterocycles. The average molecular weight is 366 g/mol. The summed E-state index contributed by atoms with van der Waals surface area (Å²) in [5.41, 5.74) is 0.603. The fourth-order valence-electron chi connectivity index (χ4n) is 1.25. The summed E-state index contributed by atoms with van der Waals surface area (Å²) in [6.45, 7) is 6.24. The van der Waals surface area contributed by atoms with E-state index in [0.29, 0.717) is 16.6 Å². The molecule has 1 heterocycles. The lowest BCUT2D eigenvalue weighted by molar-refractivity contribution is -0.386. The van der Waals surface area contributed by atoms with Crippen molar-refractivity contribution in [1.82, 2.24) is 4.98 Å². The Balaban J connectivity index is 3.03. The van der Waals surface area contributed by atoms with Crippen molar-refractivity contribution in [1.29, 1.82) is 0 Å². The molecule has 1 atom stereocenters. The SMILES string of the molecule is CC(C)(C)C(Br)Cc1ncc(Br)cc1[N+](=O)[O-]. The molecule has 1 unspecified atom stereocenters. The summed E-state index contributed by atoms with van der Waals surface area (Å²) in [6, 6.07) is 1.49. The van der Waals surface area contributed by atoms with Crippen LogP contribution in [0.4, 0.5) is 5.69 Å². The van der Waals surface area contributed by atoms with Crippen LogP contribution in [0.1, 0.15) is 26.5 Å². The van der Waals surface area contributed by atoms with Gasteiger partial charge < -0.3 is 0 Å². The van der Waals surface area contributed by atoms with Crippen LogP contribution in [0.2, 0.25) is 0 Å². The standard InChI is InChI=1S/C11H14Br2N2O2/c1-11(2,3)10(13)5-8-9(15(16)17)4-7(12)6-14-8/h4,6,10H,5H2,1-3H3. The predicted octanol–water partition coefficient (Wildman–Crippen LogP) is 4.10. The van der Waals surface area contributed by atoms with Crippen molar-refractivity contribution in [3.63, 3.8) is 0 Å². The van der Waals surface area contributed by atoms with Crippen molar-refractivity contribution in [2.24, 2.45) is 5.41 Å². The maximum absolute atomic E-state index is 10.9. The van der Waals surface area contributed by atoms with Crippen molar-refractivity contribution >= 4 is 37.5 Å². The second-order valence-corrected chi connectivity index (χ2v) is 6.94. The fraction of sp³-hybridized carbons (Fsp3) is 0.545. The van der Waals surface area contributed by atoms with Crippen molar-refractivity contribution < 1.29 is 4.92 Å². The number of hydrogen-bond acceptors (Lipinski definition) is 3. The monoisotopic (exact) mass is 364 g/mol. The van der Waals surface area contributed by atoms with Crippen LogP contribution >= 0.6 is 31.9 Å². The highest BCUT2D eigenvalue weighted by Gasteiger charge is 2.26. The maximum Gasteiger partial charge on any atom is 0.291 e. The van der Waals surface area contributed by atoms with E-state index in [1.54, 1.807) is 6.20 Å². The summed E-state index contributed by atoms with van der Waals surface area (Å²) in [6.07, 6.45) is 2.12. The van der Waals surface area contributed by atoms with Gasteiger partial charge in [-0.05, 0) is 21.3 Å². The molecule has 94 valence electrons. The normalized spacial score (nSPS) is 13.5. The molecule has 0 aromatic carbocycles. The Labute approximate surface area is 117 Å². The van der Waals surface area contributed by atoms with Crippen LogP contribution in [-0.2, 0) is 6.42 Å². The lowest BCUT2D eigenvalue weighted by Crippen LogP contribution is -2.23. The molecule has 6 heteroatoms. The zero-order valence-electron chi connectivity index (χ0n) is 9.91. The highest BCUT2D eigenvalue weighted by molar-refractivity contribution is 9.10. The van der Waals surface area contributed by atoms with Gasteiger partial charge in [0.15, 0.2) is 0 Å². The van der Waals surface area contributed by atoms with Gasteiger partial charge in [-0.1, -0.05) is 36.7 Å².